The van der Waals surface area contributed by atoms with Crippen LogP contribution in [0.15, 0.2) is 78.2 Å². The number of halogens is 1. The molecule has 9 heteroatoms. The summed E-state index contributed by atoms with van der Waals surface area (Å²) in [6, 6.07) is 21.4. The lowest BCUT2D eigenvalue weighted by molar-refractivity contribution is -0.138. The van der Waals surface area contributed by atoms with E-state index in [0.717, 1.165) is 21.8 Å². The molecule has 2 amide bonds. The average molecular weight is 534 g/mol. The predicted molar refractivity (Wildman–Crippen MR) is 144 cm³/mol. The number of thiazole rings is 1. The van der Waals surface area contributed by atoms with E-state index in [-0.39, 0.29) is 31.6 Å². The summed E-state index contributed by atoms with van der Waals surface area (Å²) in [5, 5.41) is 6.22. The van der Waals surface area contributed by atoms with Gasteiger partial charge in [0.2, 0.25) is 18.6 Å². The summed E-state index contributed by atoms with van der Waals surface area (Å²) in [6.45, 7) is 2.08. The molecule has 1 unspecified atom stereocenters. The molecule has 0 fully saturated rings. The molecule has 1 atom stereocenters. The van der Waals surface area contributed by atoms with Crippen LogP contribution in [0.1, 0.15) is 17.5 Å². The second-order valence-corrected chi connectivity index (χ2v) is 9.93. The molecule has 0 radical (unpaired) electrons. The topological polar surface area (TPSA) is 80.8 Å². The van der Waals surface area contributed by atoms with Crippen LogP contribution in [-0.4, -0.2) is 34.5 Å². The summed E-state index contributed by atoms with van der Waals surface area (Å²) in [5.41, 5.74) is 3.17. The lowest BCUT2D eigenvalue weighted by Gasteiger charge is -2.28. The van der Waals surface area contributed by atoms with E-state index in [1.54, 1.807) is 30.0 Å². The van der Waals surface area contributed by atoms with Gasteiger partial charge in [-0.3, -0.25) is 9.59 Å². The Morgan fingerprint density at radius 1 is 1.05 bits per heavy atom. The molecule has 2 heterocycles. The van der Waals surface area contributed by atoms with Crippen LogP contribution < -0.4 is 14.8 Å². The quantitative estimate of drug-likeness (QED) is 0.310. The third kappa shape index (κ3) is 5.93. The molecule has 37 heavy (non-hydrogen) atoms. The number of benzene rings is 3. The number of hydrogen-bond donors (Lipinski definition) is 1. The average Bonchev–Trinajstić information content (AvgIpc) is 3.57. The van der Waals surface area contributed by atoms with Crippen molar-refractivity contribution in [2.24, 2.45) is 0 Å². The van der Waals surface area contributed by atoms with Gasteiger partial charge >= 0.3 is 0 Å². The van der Waals surface area contributed by atoms with Crippen LogP contribution in [-0.2, 0) is 22.6 Å². The van der Waals surface area contributed by atoms with Crippen LogP contribution >= 0.6 is 22.9 Å². The molecule has 1 aromatic heterocycles. The molecule has 5 rings (SSSR count). The van der Waals surface area contributed by atoms with Crippen molar-refractivity contribution in [3.8, 4) is 22.8 Å². The van der Waals surface area contributed by atoms with Crippen molar-refractivity contribution in [2.75, 3.05) is 12.1 Å². The van der Waals surface area contributed by atoms with E-state index in [1.807, 2.05) is 60.0 Å². The summed E-state index contributed by atoms with van der Waals surface area (Å²) < 4.78 is 10.7. The van der Waals surface area contributed by atoms with E-state index in [0.29, 0.717) is 22.2 Å². The number of amides is 2. The van der Waals surface area contributed by atoms with Gasteiger partial charge in [0.1, 0.15) is 11.0 Å². The van der Waals surface area contributed by atoms with Gasteiger partial charge in [-0.1, -0.05) is 54.1 Å². The number of fused-ring (bicyclic) bond motifs is 1. The molecule has 1 N–H and O–H groups in total. The van der Waals surface area contributed by atoms with Crippen LogP contribution in [0.5, 0.6) is 11.5 Å². The molecule has 1 aliphatic rings. The molecular weight excluding hydrogens is 510 g/mol. The molecule has 0 saturated heterocycles. The van der Waals surface area contributed by atoms with Crippen molar-refractivity contribution in [1.82, 2.24) is 9.88 Å². The van der Waals surface area contributed by atoms with Gasteiger partial charge in [0, 0.05) is 27.7 Å². The van der Waals surface area contributed by atoms with Crippen molar-refractivity contribution < 1.29 is 19.1 Å². The number of nitrogens with zero attached hydrogens (tertiary/aromatic N) is 2. The van der Waals surface area contributed by atoms with E-state index in [2.05, 4.69) is 5.32 Å². The number of anilines is 1. The Hall–Kier alpha value is -3.88. The molecular formula is C28H24ClN3O4S. The number of ether oxygens (including phenoxy) is 2. The Morgan fingerprint density at radius 3 is 2.59 bits per heavy atom. The minimum Gasteiger partial charge on any atom is -0.454 e. The zero-order valence-electron chi connectivity index (χ0n) is 20.0. The van der Waals surface area contributed by atoms with E-state index >= 15 is 0 Å². The number of carbonyl (C=O) groups excluding carboxylic acids is 2. The fraction of sp³-hybridized carbons (Fsp3) is 0.179. The third-order valence-corrected chi connectivity index (χ3v) is 7.09. The fourth-order valence-corrected chi connectivity index (χ4v) is 4.89. The summed E-state index contributed by atoms with van der Waals surface area (Å²) in [4.78, 5) is 33.0. The second kappa shape index (κ2) is 11.0. The number of rotatable bonds is 8. The molecule has 7 nitrogen and oxygen atoms in total. The second-order valence-electron chi connectivity index (χ2n) is 8.55. The smallest absolute Gasteiger partial charge is 0.246 e. The summed E-state index contributed by atoms with van der Waals surface area (Å²) in [7, 11) is 0. The Kier molecular flexibility index (Phi) is 7.39. The van der Waals surface area contributed by atoms with Crippen LogP contribution in [0.2, 0.25) is 5.02 Å². The fourth-order valence-electron chi connectivity index (χ4n) is 3.96. The number of aromatic nitrogens is 1. The van der Waals surface area contributed by atoms with Gasteiger partial charge in [-0.2, -0.15) is 0 Å². The highest BCUT2D eigenvalue weighted by Crippen LogP contribution is 2.34. The zero-order chi connectivity index (χ0) is 25.8. The number of carbonyl (C=O) groups is 2. The van der Waals surface area contributed by atoms with Crippen molar-refractivity contribution in [2.45, 2.75) is 25.9 Å². The van der Waals surface area contributed by atoms with Crippen molar-refractivity contribution in [3.05, 3.63) is 93.8 Å². The summed E-state index contributed by atoms with van der Waals surface area (Å²) in [6.07, 6.45) is 0.178. The molecule has 0 bridgehead atoms. The standard InChI is InChI=1S/C28H24ClN3O4S/c1-18(28(34)30-22-11-12-24-25(14-22)36-17-35-24)32(27(33)13-19-5-3-2-4-6-19)15-26-31-23(16-37-26)20-7-9-21(29)10-8-20/h2-12,14,16,18H,13,15,17H2,1H3,(H,30,34). The van der Waals surface area contributed by atoms with Gasteiger partial charge in [-0.05, 0) is 36.8 Å². The minimum absolute atomic E-state index is 0.150. The van der Waals surface area contributed by atoms with Crippen LogP contribution in [0, 0.1) is 0 Å². The number of hydrogen-bond acceptors (Lipinski definition) is 6. The zero-order valence-corrected chi connectivity index (χ0v) is 21.6. The maximum atomic E-state index is 13.5. The molecule has 0 spiro atoms. The largest absolute Gasteiger partial charge is 0.454 e. The van der Waals surface area contributed by atoms with Crippen molar-refractivity contribution in [3.63, 3.8) is 0 Å². The Bertz CT molecular complexity index is 1410. The highest BCUT2D eigenvalue weighted by atomic mass is 35.5. The first-order valence-corrected chi connectivity index (χ1v) is 13.0. The molecule has 3 aromatic carbocycles. The Labute approximate surface area is 223 Å². The first kappa shape index (κ1) is 24.8. The van der Waals surface area contributed by atoms with E-state index in [9.17, 15) is 9.59 Å². The third-order valence-electron chi connectivity index (χ3n) is 6.00. The lowest BCUT2D eigenvalue weighted by Crippen LogP contribution is -2.45. The predicted octanol–water partition coefficient (Wildman–Crippen LogP) is 5.79. The monoisotopic (exact) mass is 533 g/mol. The maximum absolute atomic E-state index is 13.5. The van der Waals surface area contributed by atoms with Gasteiger partial charge in [-0.15, -0.1) is 11.3 Å². The van der Waals surface area contributed by atoms with Gasteiger partial charge in [0.15, 0.2) is 11.5 Å². The van der Waals surface area contributed by atoms with E-state index in [4.69, 9.17) is 26.1 Å². The first-order valence-electron chi connectivity index (χ1n) is 11.7. The SMILES string of the molecule is CC(C(=O)Nc1ccc2c(c1)OCO2)N(Cc1nc(-c2ccc(Cl)cc2)cs1)C(=O)Cc1ccccc1. The van der Waals surface area contributed by atoms with Gasteiger partial charge in [0.05, 0.1) is 18.7 Å². The normalized spacial score (nSPS) is 12.7. The minimum atomic E-state index is -0.746. The molecule has 0 saturated carbocycles. The van der Waals surface area contributed by atoms with Crippen LogP contribution in [0.4, 0.5) is 5.69 Å². The van der Waals surface area contributed by atoms with Gasteiger partial charge < -0.3 is 19.7 Å². The molecule has 0 aliphatic carbocycles. The summed E-state index contributed by atoms with van der Waals surface area (Å²) >= 11 is 7.46. The number of nitrogens with one attached hydrogen (secondary N) is 1. The van der Waals surface area contributed by atoms with Crippen LogP contribution in [0.25, 0.3) is 11.3 Å². The Morgan fingerprint density at radius 2 is 1.81 bits per heavy atom. The molecule has 4 aromatic rings. The van der Waals surface area contributed by atoms with E-state index in [1.165, 1.54) is 11.3 Å². The van der Waals surface area contributed by atoms with Gasteiger partial charge in [-0.25, -0.2) is 4.98 Å². The first-order chi connectivity index (χ1) is 18.0. The highest BCUT2D eigenvalue weighted by molar-refractivity contribution is 7.09. The molecule has 1 aliphatic heterocycles. The van der Waals surface area contributed by atoms with Gasteiger partial charge in [0.25, 0.3) is 0 Å². The Balaban J connectivity index is 1.35. The van der Waals surface area contributed by atoms with Crippen molar-refractivity contribution in [1.29, 1.82) is 0 Å². The lowest BCUT2D eigenvalue weighted by atomic mass is 10.1. The summed E-state index contributed by atoms with van der Waals surface area (Å²) in [5.74, 6) is 0.725. The highest BCUT2D eigenvalue weighted by Gasteiger charge is 2.28. The maximum Gasteiger partial charge on any atom is 0.246 e. The molecule has 188 valence electrons. The van der Waals surface area contributed by atoms with E-state index < -0.39 is 6.04 Å². The van der Waals surface area contributed by atoms with Crippen LogP contribution in [0.3, 0.4) is 0 Å². The van der Waals surface area contributed by atoms with Crippen molar-refractivity contribution >= 4 is 40.4 Å².